The molecule has 0 radical (unpaired) electrons. The molecular formula is C18H23FN4. The lowest BCUT2D eigenvalue weighted by Gasteiger charge is -2.14. The van der Waals surface area contributed by atoms with Gasteiger partial charge < -0.3 is 15.5 Å². The van der Waals surface area contributed by atoms with Gasteiger partial charge in [-0.3, -0.25) is 4.99 Å². The maximum absolute atomic E-state index is 12.9. The van der Waals surface area contributed by atoms with Gasteiger partial charge in [0.25, 0.3) is 0 Å². The molecule has 2 aromatic rings. The van der Waals surface area contributed by atoms with Crippen molar-refractivity contribution in [3.8, 4) is 0 Å². The van der Waals surface area contributed by atoms with Gasteiger partial charge in [-0.05, 0) is 35.4 Å². The summed E-state index contributed by atoms with van der Waals surface area (Å²) in [5, 5.41) is 6.48. The lowest BCUT2D eigenvalue weighted by molar-refractivity contribution is 0.626. The van der Waals surface area contributed by atoms with Crippen molar-refractivity contribution in [2.45, 2.75) is 13.1 Å². The number of hydrogen-bond acceptors (Lipinski definition) is 2. The fourth-order valence-electron chi connectivity index (χ4n) is 2.11. The number of nitrogens with zero attached hydrogens (tertiary/aromatic N) is 2. The van der Waals surface area contributed by atoms with Crippen molar-refractivity contribution < 1.29 is 4.39 Å². The second-order valence-corrected chi connectivity index (χ2v) is 5.47. The van der Waals surface area contributed by atoms with Crippen molar-refractivity contribution >= 4 is 11.6 Å². The van der Waals surface area contributed by atoms with Crippen molar-refractivity contribution in [2.24, 2.45) is 4.99 Å². The Morgan fingerprint density at radius 2 is 1.39 bits per heavy atom. The highest BCUT2D eigenvalue weighted by atomic mass is 19.1. The molecule has 0 heterocycles. The largest absolute Gasteiger partial charge is 0.378 e. The second-order valence-electron chi connectivity index (χ2n) is 5.47. The van der Waals surface area contributed by atoms with Crippen molar-refractivity contribution in [2.75, 3.05) is 26.0 Å². The number of hydrogen-bond donors (Lipinski definition) is 2. The number of nitrogens with one attached hydrogen (secondary N) is 2. The quantitative estimate of drug-likeness (QED) is 0.658. The van der Waals surface area contributed by atoms with E-state index in [1.165, 1.54) is 23.4 Å². The molecule has 0 spiro atoms. The van der Waals surface area contributed by atoms with E-state index in [0.717, 1.165) is 5.56 Å². The van der Waals surface area contributed by atoms with Crippen LogP contribution in [0.4, 0.5) is 10.1 Å². The van der Waals surface area contributed by atoms with E-state index in [4.69, 9.17) is 0 Å². The zero-order valence-corrected chi connectivity index (χ0v) is 13.8. The van der Waals surface area contributed by atoms with E-state index in [9.17, 15) is 4.39 Å². The zero-order valence-electron chi connectivity index (χ0n) is 13.8. The molecular weight excluding hydrogens is 291 g/mol. The Balaban J connectivity index is 1.84. The van der Waals surface area contributed by atoms with E-state index in [0.29, 0.717) is 19.0 Å². The number of guanidine groups is 1. The van der Waals surface area contributed by atoms with E-state index < -0.39 is 0 Å². The smallest absolute Gasteiger partial charge is 0.191 e. The summed E-state index contributed by atoms with van der Waals surface area (Å²) in [5.41, 5.74) is 3.36. The predicted molar refractivity (Wildman–Crippen MR) is 94.2 cm³/mol. The molecule has 0 saturated carbocycles. The molecule has 0 aliphatic heterocycles. The molecule has 2 rings (SSSR count). The van der Waals surface area contributed by atoms with Gasteiger partial charge in [0.05, 0.1) is 0 Å². The van der Waals surface area contributed by atoms with Crippen LogP contribution in [0.5, 0.6) is 0 Å². The molecule has 2 N–H and O–H groups in total. The van der Waals surface area contributed by atoms with Crippen LogP contribution in [0.25, 0.3) is 0 Å². The van der Waals surface area contributed by atoms with Crippen LogP contribution in [0.3, 0.4) is 0 Å². The van der Waals surface area contributed by atoms with Crippen LogP contribution in [0.1, 0.15) is 11.1 Å². The van der Waals surface area contributed by atoms with Crippen molar-refractivity contribution in [1.82, 2.24) is 10.6 Å². The molecule has 5 heteroatoms. The Labute approximate surface area is 137 Å². The van der Waals surface area contributed by atoms with Crippen LogP contribution in [-0.2, 0) is 13.1 Å². The standard InChI is InChI=1S/C18H23FN4/c1-20-18(21-12-14-4-8-16(19)9-5-14)22-13-15-6-10-17(11-7-15)23(2)3/h4-11H,12-13H2,1-3H3,(H2,20,21,22). The van der Waals surface area contributed by atoms with Crippen molar-refractivity contribution in [3.05, 3.63) is 65.5 Å². The van der Waals surface area contributed by atoms with Crippen LogP contribution in [0, 0.1) is 5.82 Å². The van der Waals surface area contributed by atoms with Gasteiger partial charge in [-0.25, -0.2) is 4.39 Å². The second kappa shape index (κ2) is 8.17. The van der Waals surface area contributed by atoms with Gasteiger partial charge in [0, 0.05) is 39.9 Å². The molecule has 0 amide bonds. The summed E-state index contributed by atoms with van der Waals surface area (Å²) in [5.74, 6) is 0.489. The molecule has 0 aliphatic rings. The third-order valence-corrected chi connectivity index (χ3v) is 3.51. The minimum absolute atomic E-state index is 0.225. The summed E-state index contributed by atoms with van der Waals surface area (Å²) in [4.78, 5) is 6.26. The van der Waals surface area contributed by atoms with E-state index in [-0.39, 0.29) is 5.82 Å². The SMILES string of the molecule is CN=C(NCc1ccc(F)cc1)NCc1ccc(N(C)C)cc1. The van der Waals surface area contributed by atoms with E-state index in [1.807, 2.05) is 14.1 Å². The van der Waals surface area contributed by atoms with Crippen molar-refractivity contribution in [1.29, 1.82) is 0 Å². The van der Waals surface area contributed by atoms with Crippen LogP contribution in [0.2, 0.25) is 0 Å². The molecule has 0 atom stereocenters. The van der Waals surface area contributed by atoms with Gasteiger partial charge in [-0.2, -0.15) is 0 Å². The number of anilines is 1. The molecule has 23 heavy (non-hydrogen) atoms. The first kappa shape index (κ1) is 16.8. The Hall–Kier alpha value is -2.56. The summed E-state index contributed by atoms with van der Waals surface area (Å²) in [6, 6.07) is 14.8. The Morgan fingerprint density at radius 1 is 0.913 bits per heavy atom. The molecule has 122 valence electrons. The summed E-state index contributed by atoms with van der Waals surface area (Å²) in [6.45, 7) is 1.29. The number of benzene rings is 2. The topological polar surface area (TPSA) is 39.7 Å². The average molecular weight is 314 g/mol. The van der Waals surface area contributed by atoms with Crippen LogP contribution < -0.4 is 15.5 Å². The Bertz CT molecular complexity index is 633. The fraction of sp³-hybridized carbons (Fsp3) is 0.278. The zero-order chi connectivity index (χ0) is 16.7. The normalized spacial score (nSPS) is 11.2. The van der Waals surface area contributed by atoms with Gasteiger partial charge in [-0.15, -0.1) is 0 Å². The highest BCUT2D eigenvalue weighted by molar-refractivity contribution is 5.79. The Kier molecular flexibility index (Phi) is 5.97. The van der Waals surface area contributed by atoms with Gasteiger partial charge in [-0.1, -0.05) is 24.3 Å². The van der Waals surface area contributed by atoms with Crippen LogP contribution in [0.15, 0.2) is 53.5 Å². The van der Waals surface area contributed by atoms with Crippen LogP contribution >= 0.6 is 0 Å². The number of halogens is 1. The molecule has 0 fully saturated rings. The first-order chi connectivity index (χ1) is 11.1. The summed E-state index contributed by atoms with van der Waals surface area (Å²) >= 11 is 0. The van der Waals surface area contributed by atoms with E-state index >= 15 is 0 Å². The van der Waals surface area contributed by atoms with E-state index in [1.54, 1.807) is 19.2 Å². The molecule has 0 aromatic heterocycles. The first-order valence-corrected chi connectivity index (χ1v) is 7.53. The first-order valence-electron chi connectivity index (χ1n) is 7.53. The predicted octanol–water partition coefficient (Wildman–Crippen LogP) is 2.76. The highest BCUT2D eigenvalue weighted by Crippen LogP contribution is 2.11. The highest BCUT2D eigenvalue weighted by Gasteiger charge is 2.00. The van der Waals surface area contributed by atoms with Gasteiger partial charge >= 0.3 is 0 Å². The fourth-order valence-corrected chi connectivity index (χ4v) is 2.11. The number of rotatable bonds is 5. The molecule has 0 aliphatic carbocycles. The summed E-state index contributed by atoms with van der Waals surface area (Å²) < 4.78 is 12.9. The molecule has 4 nitrogen and oxygen atoms in total. The van der Waals surface area contributed by atoms with Gasteiger partial charge in [0.15, 0.2) is 5.96 Å². The minimum Gasteiger partial charge on any atom is -0.378 e. The molecule has 2 aromatic carbocycles. The summed E-state index contributed by atoms with van der Waals surface area (Å²) in [6.07, 6.45) is 0. The molecule has 0 saturated heterocycles. The maximum Gasteiger partial charge on any atom is 0.191 e. The lowest BCUT2D eigenvalue weighted by Crippen LogP contribution is -2.36. The van der Waals surface area contributed by atoms with E-state index in [2.05, 4.69) is 44.8 Å². The van der Waals surface area contributed by atoms with Crippen molar-refractivity contribution in [3.63, 3.8) is 0 Å². The molecule has 0 unspecified atom stereocenters. The third kappa shape index (κ3) is 5.29. The molecule has 0 bridgehead atoms. The van der Waals surface area contributed by atoms with Gasteiger partial charge in [0.2, 0.25) is 0 Å². The minimum atomic E-state index is -0.225. The van der Waals surface area contributed by atoms with Crippen LogP contribution in [-0.4, -0.2) is 27.1 Å². The number of aliphatic imine (C=N–C) groups is 1. The third-order valence-electron chi connectivity index (χ3n) is 3.51. The monoisotopic (exact) mass is 314 g/mol. The lowest BCUT2D eigenvalue weighted by atomic mass is 10.2. The van der Waals surface area contributed by atoms with Gasteiger partial charge in [0.1, 0.15) is 5.82 Å². The summed E-state index contributed by atoms with van der Waals surface area (Å²) in [7, 11) is 5.78. The average Bonchev–Trinajstić information content (AvgIpc) is 2.57. The Morgan fingerprint density at radius 3 is 1.83 bits per heavy atom. The maximum atomic E-state index is 12.9.